The lowest BCUT2D eigenvalue weighted by atomic mass is 9.91. The molecule has 3 aliphatic heterocycles. The van der Waals surface area contributed by atoms with Crippen LogP contribution in [0.15, 0.2) is 70.2 Å². The molecule has 5 rings (SSSR count). The van der Waals surface area contributed by atoms with Crippen LogP contribution in [0.1, 0.15) is 30.5 Å². The summed E-state index contributed by atoms with van der Waals surface area (Å²) in [6, 6.07) is 14.5. The van der Waals surface area contributed by atoms with Gasteiger partial charge in [0.25, 0.3) is 0 Å². The maximum Gasteiger partial charge on any atom is 0.338 e. The van der Waals surface area contributed by atoms with Crippen molar-refractivity contribution in [3.05, 3.63) is 76.3 Å². The van der Waals surface area contributed by atoms with Crippen LogP contribution in [0.3, 0.4) is 0 Å². The van der Waals surface area contributed by atoms with Crippen LogP contribution in [-0.4, -0.2) is 74.0 Å². The normalized spacial score (nSPS) is 18.8. The van der Waals surface area contributed by atoms with Gasteiger partial charge in [0.05, 0.1) is 57.8 Å². The van der Waals surface area contributed by atoms with Crippen molar-refractivity contribution in [1.29, 1.82) is 0 Å². The first-order valence-corrected chi connectivity index (χ1v) is 13.7. The van der Waals surface area contributed by atoms with E-state index >= 15 is 0 Å². The fourth-order valence-corrected chi connectivity index (χ4v) is 5.79. The maximum atomic E-state index is 13.7. The Bertz CT molecular complexity index is 1310. The third-order valence-electron chi connectivity index (χ3n) is 6.74. The zero-order valence-corrected chi connectivity index (χ0v) is 23.0. The molecule has 1 amide bonds. The number of hydrogen-bond donors (Lipinski definition) is 0. The molecule has 10 heteroatoms. The number of amidine groups is 1. The monoisotopic (exact) mass is 549 g/mol. The van der Waals surface area contributed by atoms with E-state index in [1.807, 2.05) is 57.7 Å². The van der Waals surface area contributed by atoms with Crippen LogP contribution >= 0.6 is 11.8 Å². The minimum absolute atomic E-state index is 0.00361. The Morgan fingerprint density at radius 3 is 2.38 bits per heavy atom. The highest BCUT2D eigenvalue weighted by atomic mass is 32.2. The van der Waals surface area contributed by atoms with E-state index in [0.717, 1.165) is 16.8 Å². The third kappa shape index (κ3) is 5.53. The molecule has 0 aliphatic carbocycles. The first kappa shape index (κ1) is 26.8. The van der Waals surface area contributed by atoms with Crippen LogP contribution in [-0.2, 0) is 19.1 Å². The summed E-state index contributed by atoms with van der Waals surface area (Å²) < 4.78 is 22.1. The number of aliphatic imine (C=N–C) groups is 1. The van der Waals surface area contributed by atoms with Crippen LogP contribution < -0.4 is 9.47 Å². The number of thioether (sulfide) groups is 1. The lowest BCUT2D eigenvalue weighted by Gasteiger charge is -2.37. The standard InChI is InChI=1S/C29H31N3O6S/c1-4-38-28(34)25-26(19-8-6-5-7-9-19)30-29-32(27(25)20-14-22(35-2)17-23(15-20)36-3)21(18-39-29)16-24(33)31-10-12-37-13-11-31/h5-9,14-15,17-18,27H,4,10-13,16H2,1-3H3/t27-/m1/s1. The van der Waals surface area contributed by atoms with Crippen molar-refractivity contribution in [2.75, 3.05) is 47.1 Å². The SMILES string of the molecule is CCOC(=O)C1=C(c2ccccc2)N=C2SC=C(CC(=O)N3CCOCC3)N2[C@@H]1c1cc(OC)cc(OC)c1. The Morgan fingerprint density at radius 1 is 1.05 bits per heavy atom. The molecule has 2 aromatic rings. The van der Waals surface area contributed by atoms with Gasteiger partial charge in [-0.1, -0.05) is 42.1 Å². The second-order valence-electron chi connectivity index (χ2n) is 9.06. The minimum Gasteiger partial charge on any atom is -0.497 e. The lowest BCUT2D eigenvalue weighted by Crippen LogP contribution is -2.42. The van der Waals surface area contributed by atoms with E-state index in [9.17, 15) is 9.59 Å². The summed E-state index contributed by atoms with van der Waals surface area (Å²) >= 11 is 1.44. The quantitative estimate of drug-likeness (QED) is 0.452. The molecule has 3 heterocycles. The number of carbonyl (C=O) groups excluding carboxylic acids is 2. The average molecular weight is 550 g/mol. The first-order chi connectivity index (χ1) is 19.0. The Morgan fingerprint density at radius 2 is 1.74 bits per heavy atom. The number of nitrogens with zero attached hydrogens (tertiary/aromatic N) is 3. The maximum absolute atomic E-state index is 13.7. The zero-order valence-electron chi connectivity index (χ0n) is 22.2. The Balaban J connectivity index is 1.65. The number of fused-ring (bicyclic) bond motifs is 1. The number of ether oxygens (including phenoxy) is 4. The van der Waals surface area contributed by atoms with E-state index in [1.165, 1.54) is 11.8 Å². The van der Waals surface area contributed by atoms with E-state index in [4.69, 9.17) is 23.9 Å². The summed E-state index contributed by atoms with van der Waals surface area (Å²) in [5, 5.41) is 2.62. The summed E-state index contributed by atoms with van der Waals surface area (Å²) in [6.45, 7) is 4.16. The van der Waals surface area contributed by atoms with Crippen LogP contribution in [0.4, 0.5) is 0 Å². The molecule has 0 N–H and O–H groups in total. The second-order valence-corrected chi connectivity index (χ2v) is 9.90. The largest absolute Gasteiger partial charge is 0.497 e. The van der Waals surface area contributed by atoms with Gasteiger partial charge in [-0.05, 0) is 30.0 Å². The number of morpholine rings is 1. The van der Waals surface area contributed by atoms with Crippen molar-refractivity contribution in [2.24, 2.45) is 4.99 Å². The van der Waals surface area contributed by atoms with Crippen LogP contribution in [0.2, 0.25) is 0 Å². The molecule has 1 saturated heterocycles. The number of hydrogen-bond acceptors (Lipinski definition) is 9. The molecule has 0 bridgehead atoms. The number of rotatable bonds is 8. The molecule has 1 atom stereocenters. The van der Waals surface area contributed by atoms with Gasteiger partial charge in [-0.15, -0.1) is 0 Å². The van der Waals surface area contributed by atoms with Gasteiger partial charge < -0.3 is 28.7 Å². The molecule has 0 spiro atoms. The van der Waals surface area contributed by atoms with Crippen LogP contribution in [0.25, 0.3) is 5.70 Å². The number of carbonyl (C=O) groups is 2. The summed E-state index contributed by atoms with van der Waals surface area (Å²) in [7, 11) is 3.17. The minimum atomic E-state index is -0.630. The van der Waals surface area contributed by atoms with E-state index in [1.54, 1.807) is 27.2 Å². The lowest BCUT2D eigenvalue weighted by molar-refractivity contribution is -0.139. The molecular formula is C29H31N3O6S. The third-order valence-corrected chi connectivity index (χ3v) is 7.63. The van der Waals surface area contributed by atoms with Gasteiger partial charge in [0.1, 0.15) is 11.5 Å². The number of amides is 1. The number of esters is 1. The van der Waals surface area contributed by atoms with Gasteiger partial charge in [0.15, 0.2) is 5.17 Å². The molecule has 0 saturated carbocycles. The summed E-state index contributed by atoms with van der Waals surface area (Å²) in [5.74, 6) is 0.699. The molecule has 39 heavy (non-hydrogen) atoms. The zero-order chi connectivity index (χ0) is 27.4. The van der Waals surface area contributed by atoms with Gasteiger partial charge in [-0.3, -0.25) is 4.79 Å². The Hall–Kier alpha value is -3.76. The van der Waals surface area contributed by atoms with Crippen molar-refractivity contribution in [3.8, 4) is 11.5 Å². The highest BCUT2D eigenvalue weighted by molar-refractivity contribution is 8.16. The molecule has 9 nitrogen and oxygen atoms in total. The van der Waals surface area contributed by atoms with Gasteiger partial charge in [-0.25, -0.2) is 9.79 Å². The van der Waals surface area contributed by atoms with Crippen molar-refractivity contribution in [3.63, 3.8) is 0 Å². The van der Waals surface area contributed by atoms with Crippen molar-refractivity contribution < 1.29 is 28.5 Å². The Kier molecular flexibility index (Phi) is 8.23. The highest BCUT2D eigenvalue weighted by Gasteiger charge is 2.43. The highest BCUT2D eigenvalue weighted by Crippen LogP contribution is 2.48. The number of methoxy groups -OCH3 is 2. The van der Waals surface area contributed by atoms with E-state index in [0.29, 0.717) is 54.2 Å². The summed E-state index contributed by atoms with van der Waals surface area (Å²) in [6.07, 6.45) is 0.167. The van der Waals surface area contributed by atoms with Gasteiger partial charge >= 0.3 is 5.97 Å². The average Bonchev–Trinajstić information content (AvgIpc) is 3.38. The molecular weight excluding hydrogens is 518 g/mol. The summed E-state index contributed by atoms with van der Waals surface area (Å²) in [4.78, 5) is 35.7. The van der Waals surface area contributed by atoms with E-state index < -0.39 is 12.0 Å². The van der Waals surface area contributed by atoms with Crippen molar-refractivity contribution in [2.45, 2.75) is 19.4 Å². The topological polar surface area (TPSA) is 89.9 Å². The van der Waals surface area contributed by atoms with Gasteiger partial charge in [0, 0.05) is 30.4 Å². The van der Waals surface area contributed by atoms with Crippen molar-refractivity contribution in [1.82, 2.24) is 9.80 Å². The second kappa shape index (κ2) is 12.0. The molecule has 204 valence electrons. The Labute approximate surface area is 232 Å². The van der Waals surface area contributed by atoms with Gasteiger partial charge in [-0.2, -0.15) is 0 Å². The predicted molar refractivity (Wildman–Crippen MR) is 149 cm³/mol. The summed E-state index contributed by atoms with van der Waals surface area (Å²) in [5.41, 5.74) is 3.23. The van der Waals surface area contributed by atoms with Crippen molar-refractivity contribution >= 4 is 34.5 Å². The predicted octanol–water partition coefficient (Wildman–Crippen LogP) is 4.23. The molecule has 0 unspecified atom stereocenters. The number of benzene rings is 2. The molecule has 1 fully saturated rings. The smallest absolute Gasteiger partial charge is 0.338 e. The van der Waals surface area contributed by atoms with Crippen LogP contribution in [0.5, 0.6) is 11.5 Å². The van der Waals surface area contributed by atoms with Crippen LogP contribution in [0, 0.1) is 0 Å². The fourth-order valence-electron chi connectivity index (χ4n) is 4.87. The molecule has 2 aromatic carbocycles. The molecule has 3 aliphatic rings. The first-order valence-electron chi connectivity index (χ1n) is 12.8. The van der Waals surface area contributed by atoms with Gasteiger partial charge in [0.2, 0.25) is 5.91 Å². The van der Waals surface area contributed by atoms with E-state index in [2.05, 4.69) is 0 Å². The fraction of sp³-hybridized carbons (Fsp3) is 0.345. The molecule has 0 aromatic heterocycles. The van der Waals surface area contributed by atoms with E-state index in [-0.39, 0.29) is 18.9 Å². The molecule has 0 radical (unpaired) electrons.